The standard InChI is InChI=1S/C28H38FN3O4S/c1-21-11-9-12-23(19-21)20-31(22(2)28(34)30-24-13-5-4-6-14-24)27(33)17-10-18-32(37(3,35)36)26-16-8-7-15-25(26)29/h7-9,11-12,15-16,19,22,24H,4-6,10,13-14,17-18,20H2,1-3H3,(H,30,34)/t22-/m0/s1. The van der Waals surface area contributed by atoms with Crippen molar-refractivity contribution < 1.29 is 22.4 Å². The topological polar surface area (TPSA) is 86.8 Å². The minimum atomic E-state index is -3.75. The second-order valence-corrected chi connectivity index (χ2v) is 11.8. The van der Waals surface area contributed by atoms with Crippen LogP contribution in [0.15, 0.2) is 48.5 Å². The smallest absolute Gasteiger partial charge is 0.242 e. The Labute approximate surface area is 220 Å². The van der Waals surface area contributed by atoms with Crippen LogP contribution in [0.4, 0.5) is 10.1 Å². The minimum absolute atomic E-state index is 0.0212. The van der Waals surface area contributed by atoms with Crippen LogP contribution in [-0.4, -0.2) is 50.0 Å². The first kappa shape index (κ1) is 28.6. The molecule has 3 rings (SSSR count). The summed E-state index contributed by atoms with van der Waals surface area (Å²) in [6, 6.07) is 12.9. The minimum Gasteiger partial charge on any atom is -0.352 e. The average molecular weight is 532 g/mol. The van der Waals surface area contributed by atoms with E-state index in [0.717, 1.165) is 47.4 Å². The number of aryl methyl sites for hydroxylation is 1. The van der Waals surface area contributed by atoms with E-state index >= 15 is 0 Å². The molecular weight excluding hydrogens is 493 g/mol. The number of sulfonamides is 1. The molecule has 0 saturated heterocycles. The lowest BCUT2D eigenvalue weighted by atomic mass is 9.95. The molecule has 7 nitrogen and oxygen atoms in total. The van der Waals surface area contributed by atoms with Crippen molar-refractivity contribution >= 4 is 27.5 Å². The molecule has 2 aromatic rings. The van der Waals surface area contributed by atoms with E-state index in [0.29, 0.717) is 0 Å². The van der Waals surface area contributed by atoms with Crippen molar-refractivity contribution in [1.29, 1.82) is 0 Å². The van der Waals surface area contributed by atoms with Gasteiger partial charge in [-0.05, 0) is 50.8 Å². The van der Waals surface area contributed by atoms with E-state index < -0.39 is 21.9 Å². The zero-order valence-corrected chi connectivity index (χ0v) is 22.8. The normalized spacial score (nSPS) is 15.1. The van der Waals surface area contributed by atoms with E-state index in [9.17, 15) is 22.4 Å². The van der Waals surface area contributed by atoms with E-state index in [1.165, 1.54) is 24.6 Å². The van der Waals surface area contributed by atoms with Crippen LogP contribution < -0.4 is 9.62 Å². The van der Waals surface area contributed by atoms with Crippen molar-refractivity contribution in [2.75, 3.05) is 17.1 Å². The maximum Gasteiger partial charge on any atom is 0.242 e. The summed E-state index contributed by atoms with van der Waals surface area (Å²) in [5.74, 6) is -1.08. The van der Waals surface area contributed by atoms with Gasteiger partial charge in [-0.15, -0.1) is 0 Å². The average Bonchev–Trinajstić information content (AvgIpc) is 2.85. The molecule has 1 N–H and O–H groups in total. The molecule has 37 heavy (non-hydrogen) atoms. The van der Waals surface area contributed by atoms with Crippen molar-refractivity contribution in [3.05, 3.63) is 65.5 Å². The van der Waals surface area contributed by atoms with Gasteiger partial charge in [0.2, 0.25) is 21.8 Å². The van der Waals surface area contributed by atoms with Crippen LogP contribution >= 0.6 is 0 Å². The molecule has 1 saturated carbocycles. The number of carbonyl (C=O) groups excluding carboxylic acids is 2. The Morgan fingerprint density at radius 3 is 2.43 bits per heavy atom. The van der Waals surface area contributed by atoms with Gasteiger partial charge in [0.1, 0.15) is 11.9 Å². The Balaban J connectivity index is 1.72. The molecule has 0 unspecified atom stereocenters. The van der Waals surface area contributed by atoms with Crippen molar-refractivity contribution in [2.45, 2.75) is 77.4 Å². The number of anilines is 1. The number of hydrogen-bond acceptors (Lipinski definition) is 4. The summed E-state index contributed by atoms with van der Waals surface area (Å²) in [5.41, 5.74) is 1.92. The van der Waals surface area contributed by atoms with Gasteiger partial charge in [0.25, 0.3) is 0 Å². The van der Waals surface area contributed by atoms with Crippen LogP contribution in [0, 0.1) is 12.7 Å². The summed E-state index contributed by atoms with van der Waals surface area (Å²) >= 11 is 0. The molecule has 2 amide bonds. The molecule has 1 aliphatic carbocycles. The number of nitrogens with one attached hydrogen (secondary N) is 1. The number of carbonyl (C=O) groups is 2. The maximum atomic E-state index is 14.3. The zero-order valence-electron chi connectivity index (χ0n) is 22.0. The number of rotatable bonds is 11. The highest BCUT2D eigenvalue weighted by molar-refractivity contribution is 7.92. The first-order chi connectivity index (χ1) is 17.6. The predicted octanol–water partition coefficient (Wildman–Crippen LogP) is 4.55. The zero-order chi connectivity index (χ0) is 27.0. The number of para-hydroxylation sites is 1. The van der Waals surface area contributed by atoms with Gasteiger partial charge in [-0.2, -0.15) is 0 Å². The van der Waals surface area contributed by atoms with E-state index in [4.69, 9.17) is 0 Å². The second-order valence-electron chi connectivity index (χ2n) is 9.92. The molecule has 0 aliphatic heterocycles. The molecule has 0 bridgehead atoms. The third-order valence-electron chi connectivity index (χ3n) is 6.83. The molecule has 2 aromatic carbocycles. The molecule has 0 heterocycles. The van der Waals surface area contributed by atoms with Crippen LogP contribution in [0.25, 0.3) is 0 Å². The first-order valence-corrected chi connectivity index (χ1v) is 14.8. The van der Waals surface area contributed by atoms with Gasteiger partial charge >= 0.3 is 0 Å². The predicted molar refractivity (Wildman–Crippen MR) is 144 cm³/mol. The van der Waals surface area contributed by atoms with E-state index in [2.05, 4.69) is 5.32 Å². The molecule has 1 fully saturated rings. The Bertz CT molecular complexity index is 1180. The number of halogens is 1. The lowest BCUT2D eigenvalue weighted by Crippen LogP contribution is -2.50. The SMILES string of the molecule is Cc1cccc(CN(C(=O)CCCN(c2ccccc2F)S(C)(=O)=O)[C@@H](C)C(=O)NC2CCCCC2)c1. The Morgan fingerprint density at radius 1 is 1.08 bits per heavy atom. The molecule has 0 aromatic heterocycles. The van der Waals surface area contributed by atoms with Gasteiger partial charge in [-0.25, -0.2) is 12.8 Å². The molecular formula is C28H38FN3O4S. The molecule has 0 radical (unpaired) electrons. The summed E-state index contributed by atoms with van der Waals surface area (Å²) in [5, 5.41) is 3.11. The van der Waals surface area contributed by atoms with Crippen LogP contribution in [-0.2, 0) is 26.2 Å². The highest BCUT2D eigenvalue weighted by Gasteiger charge is 2.28. The number of nitrogens with zero attached hydrogens (tertiary/aromatic N) is 2. The van der Waals surface area contributed by atoms with Gasteiger partial charge in [0.05, 0.1) is 11.9 Å². The highest BCUT2D eigenvalue weighted by atomic mass is 32.2. The van der Waals surface area contributed by atoms with E-state index in [1.807, 2.05) is 31.2 Å². The van der Waals surface area contributed by atoms with Crippen LogP contribution in [0.5, 0.6) is 0 Å². The van der Waals surface area contributed by atoms with E-state index in [-0.39, 0.29) is 49.5 Å². The Morgan fingerprint density at radius 2 is 1.78 bits per heavy atom. The van der Waals surface area contributed by atoms with Gasteiger partial charge in [0, 0.05) is 25.6 Å². The molecule has 9 heteroatoms. The second kappa shape index (κ2) is 13.0. The van der Waals surface area contributed by atoms with Gasteiger partial charge in [-0.1, -0.05) is 61.2 Å². The fraction of sp³-hybridized carbons (Fsp3) is 0.500. The number of amides is 2. The summed E-state index contributed by atoms with van der Waals surface area (Å²) in [7, 11) is -3.75. The van der Waals surface area contributed by atoms with Gasteiger partial charge in [0.15, 0.2) is 0 Å². The molecule has 1 aliphatic rings. The van der Waals surface area contributed by atoms with Crippen molar-refractivity contribution in [1.82, 2.24) is 10.2 Å². The monoisotopic (exact) mass is 531 g/mol. The van der Waals surface area contributed by atoms with Crippen LogP contribution in [0.2, 0.25) is 0 Å². The highest BCUT2D eigenvalue weighted by Crippen LogP contribution is 2.23. The van der Waals surface area contributed by atoms with Crippen molar-refractivity contribution in [3.63, 3.8) is 0 Å². The summed E-state index contributed by atoms with van der Waals surface area (Å²) in [6.07, 6.45) is 6.46. The Hall–Kier alpha value is -2.94. The molecule has 1 atom stereocenters. The van der Waals surface area contributed by atoms with E-state index in [1.54, 1.807) is 17.9 Å². The van der Waals surface area contributed by atoms with Crippen LogP contribution in [0.1, 0.15) is 63.0 Å². The van der Waals surface area contributed by atoms with Gasteiger partial charge in [-0.3, -0.25) is 13.9 Å². The lowest BCUT2D eigenvalue weighted by Gasteiger charge is -2.31. The fourth-order valence-electron chi connectivity index (χ4n) is 4.79. The Kier molecular flexibility index (Phi) is 10.1. The largest absolute Gasteiger partial charge is 0.352 e. The third-order valence-corrected chi connectivity index (χ3v) is 8.01. The summed E-state index contributed by atoms with van der Waals surface area (Å²) in [4.78, 5) is 28.1. The fourth-order valence-corrected chi connectivity index (χ4v) is 5.76. The number of benzene rings is 2. The third kappa shape index (κ3) is 8.28. The molecule has 202 valence electrons. The maximum absolute atomic E-state index is 14.3. The van der Waals surface area contributed by atoms with Crippen LogP contribution in [0.3, 0.4) is 0 Å². The quantitative estimate of drug-likeness (QED) is 0.461. The first-order valence-electron chi connectivity index (χ1n) is 12.9. The van der Waals surface area contributed by atoms with Crippen molar-refractivity contribution in [3.8, 4) is 0 Å². The van der Waals surface area contributed by atoms with Crippen molar-refractivity contribution in [2.24, 2.45) is 0 Å². The number of hydrogen-bond donors (Lipinski definition) is 1. The van der Waals surface area contributed by atoms with Gasteiger partial charge < -0.3 is 10.2 Å². The molecule has 0 spiro atoms. The summed E-state index contributed by atoms with van der Waals surface area (Å²) in [6.45, 7) is 3.92. The lowest BCUT2D eigenvalue weighted by molar-refractivity contribution is -0.141. The summed E-state index contributed by atoms with van der Waals surface area (Å²) < 4.78 is 40.0.